The maximum atomic E-state index is 15.3. The van der Waals surface area contributed by atoms with E-state index in [1.165, 1.54) is 13.3 Å². The maximum absolute atomic E-state index is 15.3. The zero-order valence-corrected chi connectivity index (χ0v) is 19.6. The van der Waals surface area contributed by atoms with Crippen LogP contribution in [0.4, 0.5) is 27.6 Å². The van der Waals surface area contributed by atoms with Crippen LogP contribution in [0, 0.1) is 5.82 Å². The van der Waals surface area contributed by atoms with Crippen LogP contribution >= 0.6 is 0 Å². The largest absolute Gasteiger partial charge is 0.492 e. The van der Waals surface area contributed by atoms with Gasteiger partial charge in [-0.25, -0.2) is 18.4 Å². The predicted molar refractivity (Wildman–Crippen MR) is 122 cm³/mol. The third-order valence-corrected chi connectivity index (χ3v) is 5.98. The van der Waals surface area contributed by atoms with Crippen molar-refractivity contribution in [3.63, 3.8) is 0 Å². The molecule has 9 nitrogen and oxygen atoms in total. The fraction of sp³-hybridized carbons (Fsp3) is 0.435. The monoisotopic (exact) mass is 533 g/mol. The molecule has 0 bridgehead atoms. The molecule has 0 atom stereocenters. The molecule has 0 unspecified atom stereocenters. The van der Waals surface area contributed by atoms with Crippen molar-refractivity contribution >= 4 is 28.5 Å². The summed E-state index contributed by atoms with van der Waals surface area (Å²) < 4.78 is 68.4. The number of aromatic carboxylic acids is 1. The van der Waals surface area contributed by atoms with Crippen molar-refractivity contribution in [3.05, 3.63) is 45.3 Å². The van der Waals surface area contributed by atoms with Crippen molar-refractivity contribution in [1.29, 1.82) is 0 Å². The van der Waals surface area contributed by atoms with Gasteiger partial charge in [0.15, 0.2) is 11.6 Å². The predicted octanol–water partition coefficient (Wildman–Crippen LogP) is 3.60. The number of piperidine rings is 1. The van der Waals surface area contributed by atoms with Gasteiger partial charge in [0.1, 0.15) is 17.1 Å². The summed E-state index contributed by atoms with van der Waals surface area (Å²) in [7, 11) is 1.38. The van der Waals surface area contributed by atoms with Gasteiger partial charge in [0, 0.05) is 31.9 Å². The van der Waals surface area contributed by atoms with Crippen LogP contribution in [0.15, 0.2) is 28.5 Å². The Bertz CT molecular complexity index is 1320. The van der Waals surface area contributed by atoms with Crippen molar-refractivity contribution in [2.75, 3.05) is 31.6 Å². The number of pyridine rings is 1. The third kappa shape index (κ3) is 5.84. The Morgan fingerprint density at radius 1 is 1.24 bits per heavy atom. The molecule has 1 aliphatic heterocycles. The first-order chi connectivity index (χ1) is 17.3. The lowest BCUT2D eigenvalue weighted by atomic mass is 10.0. The van der Waals surface area contributed by atoms with Crippen molar-refractivity contribution in [2.45, 2.75) is 37.9 Å². The second-order valence-electron chi connectivity index (χ2n) is 8.49. The summed E-state index contributed by atoms with van der Waals surface area (Å²) in [5, 5.41) is 16.5. The fourth-order valence-corrected chi connectivity index (χ4v) is 4.15. The van der Waals surface area contributed by atoms with Crippen molar-refractivity contribution < 1.29 is 46.5 Å². The molecule has 1 aromatic carbocycles. The minimum Gasteiger partial charge on any atom is -0.492 e. The zero-order valence-electron chi connectivity index (χ0n) is 19.6. The van der Waals surface area contributed by atoms with Crippen LogP contribution in [0.1, 0.15) is 42.1 Å². The minimum absolute atomic E-state index is 0.0184. The lowest BCUT2D eigenvalue weighted by Crippen LogP contribution is -2.33. The highest BCUT2D eigenvalue weighted by molar-refractivity contribution is 5.97. The number of nitrogens with two attached hydrogens (primary N) is 1. The molecular weight excluding hydrogens is 509 g/mol. The van der Waals surface area contributed by atoms with Gasteiger partial charge in [0.05, 0.1) is 18.0 Å². The number of carboxylic acids is 2. The number of anilines is 1. The number of rotatable bonds is 5. The lowest BCUT2D eigenvalue weighted by Gasteiger charge is -2.33. The quantitative estimate of drug-likeness (QED) is 0.497. The molecule has 2 aromatic rings. The number of alkyl halides is 3. The van der Waals surface area contributed by atoms with E-state index in [9.17, 15) is 32.3 Å². The van der Waals surface area contributed by atoms with Gasteiger partial charge in [-0.05, 0) is 37.3 Å². The second-order valence-corrected chi connectivity index (χ2v) is 8.49. The normalized spacial score (nSPS) is 17.2. The van der Waals surface area contributed by atoms with E-state index in [0.717, 1.165) is 18.9 Å². The van der Waals surface area contributed by atoms with Gasteiger partial charge >= 0.3 is 18.1 Å². The Hall–Kier alpha value is -3.68. The van der Waals surface area contributed by atoms with Crippen LogP contribution < -0.4 is 20.8 Å². The molecule has 0 amide bonds. The first-order valence-corrected chi connectivity index (χ1v) is 11.1. The highest BCUT2D eigenvalue weighted by atomic mass is 19.4. The van der Waals surface area contributed by atoms with E-state index in [4.69, 9.17) is 20.4 Å². The van der Waals surface area contributed by atoms with Crippen LogP contribution in [-0.2, 0) is 4.79 Å². The van der Waals surface area contributed by atoms with E-state index < -0.39 is 40.8 Å². The lowest BCUT2D eigenvalue weighted by molar-refractivity contribution is -0.192. The van der Waals surface area contributed by atoms with Crippen LogP contribution in [0.3, 0.4) is 0 Å². The van der Waals surface area contributed by atoms with Gasteiger partial charge in [-0.15, -0.1) is 0 Å². The highest BCUT2D eigenvalue weighted by Crippen LogP contribution is 2.44. The van der Waals surface area contributed by atoms with Gasteiger partial charge in [-0.3, -0.25) is 4.79 Å². The van der Waals surface area contributed by atoms with Crippen LogP contribution in [0.25, 0.3) is 10.9 Å². The molecule has 1 saturated heterocycles. The van der Waals surface area contributed by atoms with Gasteiger partial charge in [0.25, 0.3) is 0 Å². The Balaban J connectivity index is 0.000000479. The molecule has 2 fully saturated rings. The standard InChI is InChI=1S/C21H23F2N3O4.C2HF3O2/c1-30-20-17-13(19(27)14(21(28)29)10-26(17)12-4-5-12)7-15(22)18(20)25-6-2-3-11(9-25)16(23)8-24;3-2(4,5)1(6)7/h7,10,12H,2-6,8-9,24H2,1H3,(H,28,29);(H,6,7)/b16-11+;. The molecule has 37 heavy (non-hydrogen) atoms. The molecule has 202 valence electrons. The Morgan fingerprint density at radius 2 is 1.86 bits per heavy atom. The number of halogens is 5. The van der Waals surface area contributed by atoms with E-state index in [2.05, 4.69) is 0 Å². The van der Waals surface area contributed by atoms with Gasteiger partial charge in [0.2, 0.25) is 5.43 Å². The second kappa shape index (κ2) is 10.7. The number of aromatic nitrogens is 1. The summed E-state index contributed by atoms with van der Waals surface area (Å²) >= 11 is 0. The molecule has 1 aromatic heterocycles. The summed E-state index contributed by atoms with van der Waals surface area (Å²) in [6, 6.07) is 1.09. The summed E-state index contributed by atoms with van der Waals surface area (Å²) in [6.45, 7) is 0.448. The Labute approximate surface area is 206 Å². The molecule has 2 heterocycles. The smallest absolute Gasteiger partial charge is 0.490 e. The summed E-state index contributed by atoms with van der Waals surface area (Å²) in [5.74, 6) is -5.08. The zero-order chi connectivity index (χ0) is 27.7. The topological polar surface area (TPSA) is 135 Å². The number of nitrogens with zero attached hydrogens (tertiary/aromatic N) is 2. The summed E-state index contributed by atoms with van der Waals surface area (Å²) in [4.78, 5) is 34.9. The van der Waals surface area contributed by atoms with Crippen LogP contribution in [-0.4, -0.2) is 59.6 Å². The molecule has 4 N–H and O–H groups in total. The van der Waals surface area contributed by atoms with E-state index >= 15 is 4.39 Å². The number of hydrogen-bond acceptors (Lipinski definition) is 6. The van der Waals surface area contributed by atoms with Crippen molar-refractivity contribution in [1.82, 2.24) is 4.57 Å². The van der Waals surface area contributed by atoms with Crippen LogP contribution in [0.2, 0.25) is 0 Å². The number of methoxy groups -OCH3 is 1. The van der Waals surface area contributed by atoms with Crippen molar-refractivity contribution in [2.24, 2.45) is 5.73 Å². The minimum atomic E-state index is -5.08. The Kier molecular flexibility index (Phi) is 8.10. The number of ether oxygens (including phenoxy) is 1. The SMILES string of the molecule is COc1c(N2CCC/C(=C(\F)CN)C2)c(F)cc2c(=O)c(C(=O)O)cn(C3CC3)c12.O=C(O)C(F)(F)F. The van der Waals surface area contributed by atoms with E-state index in [1.54, 1.807) is 9.47 Å². The van der Waals surface area contributed by atoms with Gasteiger partial charge < -0.3 is 30.2 Å². The molecule has 0 radical (unpaired) electrons. The number of hydrogen-bond donors (Lipinski definition) is 3. The molecule has 1 saturated carbocycles. The Morgan fingerprint density at radius 3 is 2.35 bits per heavy atom. The van der Waals surface area contributed by atoms with Crippen molar-refractivity contribution in [3.8, 4) is 5.75 Å². The van der Waals surface area contributed by atoms with E-state index in [1.807, 2.05) is 0 Å². The maximum Gasteiger partial charge on any atom is 0.490 e. The fourth-order valence-electron chi connectivity index (χ4n) is 4.15. The van der Waals surface area contributed by atoms with Crippen LogP contribution in [0.5, 0.6) is 5.75 Å². The average molecular weight is 533 g/mol. The third-order valence-electron chi connectivity index (χ3n) is 5.98. The molecular formula is C23H24F5N3O6. The van der Waals surface area contributed by atoms with Gasteiger partial charge in [-0.1, -0.05) is 0 Å². The number of carbonyl (C=O) groups is 2. The van der Waals surface area contributed by atoms with E-state index in [0.29, 0.717) is 30.5 Å². The molecule has 4 rings (SSSR count). The molecule has 2 aliphatic rings. The first kappa shape index (κ1) is 27.9. The number of aliphatic carboxylic acids is 1. The summed E-state index contributed by atoms with van der Waals surface area (Å²) in [6.07, 6.45) is -0.955. The van der Waals surface area contributed by atoms with E-state index in [-0.39, 0.29) is 36.0 Å². The number of fused-ring (bicyclic) bond motifs is 1. The number of benzene rings is 1. The van der Waals surface area contributed by atoms with Gasteiger partial charge in [-0.2, -0.15) is 13.2 Å². The number of carboxylic acid groups (broad SMARTS) is 2. The summed E-state index contributed by atoms with van der Waals surface area (Å²) in [5.41, 5.74) is 5.29. The molecule has 14 heteroatoms. The average Bonchev–Trinajstić information content (AvgIpc) is 3.68. The molecule has 0 spiro atoms. The first-order valence-electron chi connectivity index (χ1n) is 11.1. The highest BCUT2D eigenvalue weighted by Gasteiger charge is 2.38. The molecule has 1 aliphatic carbocycles.